The molecule has 10 heteroatoms. The Labute approximate surface area is 205 Å². The second kappa shape index (κ2) is 9.19. The Hall–Kier alpha value is -4.65. The van der Waals surface area contributed by atoms with Crippen molar-refractivity contribution >= 4 is 22.9 Å². The highest BCUT2D eigenvalue weighted by atomic mass is 19.1. The first-order valence-electron chi connectivity index (χ1n) is 11.4. The van der Waals surface area contributed by atoms with Crippen molar-refractivity contribution in [3.05, 3.63) is 70.7 Å². The van der Waals surface area contributed by atoms with Crippen LogP contribution < -0.4 is 16.2 Å². The molecule has 2 N–H and O–H groups in total. The van der Waals surface area contributed by atoms with Crippen LogP contribution in [0.25, 0.3) is 16.9 Å². The molecule has 0 spiro atoms. The predicted octanol–water partition coefficient (Wildman–Crippen LogP) is 3.20. The fraction of sp³-hybridized carbons (Fsp3) is 0.231. The van der Waals surface area contributed by atoms with Gasteiger partial charge in [0.25, 0.3) is 5.91 Å². The topological polar surface area (TPSA) is 108 Å². The van der Waals surface area contributed by atoms with Crippen LogP contribution >= 0.6 is 0 Å². The zero-order chi connectivity index (χ0) is 25.4. The van der Waals surface area contributed by atoms with E-state index in [1.54, 1.807) is 59.7 Å². The molecule has 0 bridgehead atoms. The highest BCUT2D eigenvalue weighted by Crippen LogP contribution is 2.29. The number of nitrogens with zero attached hydrogens (tertiary/aromatic N) is 5. The van der Waals surface area contributed by atoms with Gasteiger partial charge in [-0.1, -0.05) is 5.92 Å². The van der Waals surface area contributed by atoms with Crippen LogP contribution in [0.5, 0.6) is 11.5 Å². The molecular formula is C26H23FN6O3. The molecule has 0 aliphatic carbocycles. The maximum absolute atomic E-state index is 13.7. The summed E-state index contributed by atoms with van der Waals surface area (Å²) in [7, 11) is 0. The highest BCUT2D eigenvalue weighted by molar-refractivity contribution is 5.93. The van der Waals surface area contributed by atoms with E-state index in [1.807, 2.05) is 0 Å². The van der Waals surface area contributed by atoms with Crippen molar-refractivity contribution in [2.24, 2.45) is 0 Å². The lowest BCUT2D eigenvalue weighted by Gasteiger charge is -2.14. The van der Waals surface area contributed by atoms with Crippen LogP contribution in [0.2, 0.25) is 0 Å². The molecule has 1 atom stereocenters. The molecule has 3 heterocycles. The van der Waals surface area contributed by atoms with Gasteiger partial charge in [0.05, 0.1) is 11.7 Å². The summed E-state index contributed by atoms with van der Waals surface area (Å²) < 4.78 is 22.4. The fourth-order valence-electron chi connectivity index (χ4n) is 4.44. The molecule has 4 aromatic rings. The third kappa shape index (κ3) is 4.05. The van der Waals surface area contributed by atoms with Gasteiger partial charge in [-0.2, -0.15) is 0 Å². The molecule has 1 saturated heterocycles. The zero-order valence-corrected chi connectivity index (χ0v) is 19.7. The Bertz CT molecular complexity index is 1600. The monoisotopic (exact) mass is 486 g/mol. The quantitative estimate of drug-likeness (QED) is 0.444. The maximum Gasteiger partial charge on any atom is 0.335 e. The van der Waals surface area contributed by atoms with Gasteiger partial charge in [0.2, 0.25) is 0 Å². The van der Waals surface area contributed by atoms with Crippen molar-refractivity contribution in [1.82, 2.24) is 24.0 Å². The van der Waals surface area contributed by atoms with Gasteiger partial charge in [0.1, 0.15) is 29.2 Å². The molecule has 1 aliphatic heterocycles. The van der Waals surface area contributed by atoms with E-state index in [4.69, 9.17) is 10.5 Å². The van der Waals surface area contributed by atoms with Gasteiger partial charge in [-0.15, -0.1) is 0 Å². The average Bonchev–Trinajstić information content (AvgIpc) is 3.45. The second-order valence-corrected chi connectivity index (χ2v) is 8.49. The molecule has 1 aliphatic rings. The number of likely N-dealkylation sites (tertiary alicyclic amines) is 1. The van der Waals surface area contributed by atoms with Gasteiger partial charge in [-0.25, -0.2) is 19.2 Å². The van der Waals surface area contributed by atoms with Crippen LogP contribution in [0.4, 0.5) is 10.2 Å². The number of aromatic nitrogens is 4. The molecule has 5 rings (SSSR count). The normalized spacial score (nSPS) is 15.1. The number of carbonyl (C=O) groups excluding carboxylic acids is 1. The number of rotatable bonds is 4. The summed E-state index contributed by atoms with van der Waals surface area (Å²) in [5.41, 5.74) is 7.68. The largest absolute Gasteiger partial charge is 0.457 e. The number of halogens is 1. The Morgan fingerprint density at radius 3 is 2.64 bits per heavy atom. The lowest BCUT2D eigenvalue weighted by molar-refractivity contribution is -0.124. The van der Waals surface area contributed by atoms with Crippen molar-refractivity contribution in [1.29, 1.82) is 0 Å². The molecular weight excluding hydrogens is 463 g/mol. The summed E-state index contributed by atoms with van der Waals surface area (Å²) in [6.07, 6.45) is 1.91. The lowest BCUT2D eigenvalue weighted by atomic mass is 10.2. The SMILES string of the molecule is CC#CC(=O)N1CCC(n2c(=O)n(-c3ccc(Oc4ccc(F)c(C)c4)cc3)c3c(N)ncnc32)C1. The third-order valence-electron chi connectivity index (χ3n) is 6.19. The molecule has 0 radical (unpaired) electrons. The number of carbonyl (C=O) groups is 1. The van der Waals surface area contributed by atoms with Crippen molar-refractivity contribution in [3.8, 4) is 29.0 Å². The number of nitrogen functional groups attached to an aromatic ring is 1. The minimum Gasteiger partial charge on any atom is -0.457 e. The Morgan fingerprint density at radius 2 is 1.92 bits per heavy atom. The van der Waals surface area contributed by atoms with E-state index in [1.165, 1.54) is 17.0 Å². The Morgan fingerprint density at radius 1 is 1.17 bits per heavy atom. The molecule has 1 amide bonds. The van der Waals surface area contributed by atoms with Gasteiger partial charge in [-0.3, -0.25) is 13.9 Å². The number of hydrogen-bond donors (Lipinski definition) is 1. The Kier molecular flexibility index (Phi) is 5.90. The highest BCUT2D eigenvalue weighted by Gasteiger charge is 2.31. The van der Waals surface area contributed by atoms with E-state index in [0.717, 1.165) is 0 Å². The van der Waals surface area contributed by atoms with Crippen molar-refractivity contribution in [3.63, 3.8) is 0 Å². The van der Waals surface area contributed by atoms with Crippen LogP contribution in [0.1, 0.15) is 24.9 Å². The summed E-state index contributed by atoms with van der Waals surface area (Å²) in [5.74, 6) is 5.79. The van der Waals surface area contributed by atoms with E-state index >= 15 is 0 Å². The van der Waals surface area contributed by atoms with Crippen LogP contribution in [-0.4, -0.2) is 43.0 Å². The number of imidazole rings is 1. The van der Waals surface area contributed by atoms with Crippen LogP contribution in [-0.2, 0) is 4.79 Å². The molecule has 0 saturated carbocycles. The molecule has 36 heavy (non-hydrogen) atoms. The first kappa shape index (κ1) is 23.1. The number of amides is 1. The first-order valence-corrected chi connectivity index (χ1v) is 11.4. The van der Waals surface area contributed by atoms with Crippen molar-refractivity contribution in [2.75, 3.05) is 18.8 Å². The van der Waals surface area contributed by atoms with E-state index in [9.17, 15) is 14.0 Å². The summed E-state index contributed by atoms with van der Waals surface area (Å²) >= 11 is 0. The third-order valence-corrected chi connectivity index (χ3v) is 6.19. The zero-order valence-electron chi connectivity index (χ0n) is 19.7. The van der Waals surface area contributed by atoms with Gasteiger partial charge < -0.3 is 15.4 Å². The van der Waals surface area contributed by atoms with Crippen LogP contribution in [0.3, 0.4) is 0 Å². The maximum atomic E-state index is 13.7. The van der Waals surface area contributed by atoms with Gasteiger partial charge in [0.15, 0.2) is 11.5 Å². The number of ether oxygens (including phenoxy) is 1. The predicted molar refractivity (Wildman–Crippen MR) is 132 cm³/mol. The molecule has 2 aromatic heterocycles. The van der Waals surface area contributed by atoms with E-state index in [0.29, 0.717) is 53.4 Å². The van der Waals surface area contributed by atoms with Gasteiger partial charge >= 0.3 is 5.69 Å². The number of nitrogens with two attached hydrogens (primary N) is 1. The minimum atomic E-state index is -0.332. The first-order chi connectivity index (χ1) is 17.4. The molecule has 1 fully saturated rings. The number of benzene rings is 2. The van der Waals surface area contributed by atoms with E-state index in [2.05, 4.69) is 21.8 Å². The van der Waals surface area contributed by atoms with Crippen LogP contribution in [0, 0.1) is 24.6 Å². The van der Waals surface area contributed by atoms with Crippen LogP contribution in [0.15, 0.2) is 53.6 Å². The van der Waals surface area contributed by atoms with Gasteiger partial charge in [0, 0.05) is 13.1 Å². The average molecular weight is 487 g/mol. The number of fused-ring (bicyclic) bond motifs is 1. The fourth-order valence-corrected chi connectivity index (χ4v) is 4.44. The molecule has 182 valence electrons. The molecule has 2 aromatic carbocycles. The summed E-state index contributed by atoms with van der Waals surface area (Å²) in [6, 6.07) is 11.1. The summed E-state index contributed by atoms with van der Waals surface area (Å²) in [6.45, 7) is 4.12. The van der Waals surface area contributed by atoms with E-state index < -0.39 is 0 Å². The molecule has 1 unspecified atom stereocenters. The van der Waals surface area contributed by atoms with Gasteiger partial charge in [-0.05, 0) is 74.2 Å². The standard InChI is InChI=1S/C26H23FN6O3/c1-3-4-22(34)31-12-11-18(14-31)33-25-23(24(28)29-15-30-25)32(26(33)35)17-5-7-19(8-6-17)36-20-9-10-21(27)16(2)13-20/h5-10,13,15,18H,11-12,14H2,1-2H3,(H2,28,29,30). The number of hydrogen-bond acceptors (Lipinski definition) is 6. The summed E-state index contributed by atoms with van der Waals surface area (Å²) in [4.78, 5) is 36.0. The lowest BCUT2D eigenvalue weighted by Crippen LogP contribution is -2.31. The second-order valence-electron chi connectivity index (χ2n) is 8.49. The Balaban J connectivity index is 1.51. The smallest absolute Gasteiger partial charge is 0.335 e. The number of anilines is 1. The van der Waals surface area contributed by atoms with Crippen molar-refractivity contribution in [2.45, 2.75) is 26.3 Å². The summed E-state index contributed by atoms with van der Waals surface area (Å²) in [5, 5.41) is 0. The molecule has 9 nitrogen and oxygen atoms in total. The van der Waals surface area contributed by atoms with E-state index in [-0.39, 0.29) is 29.3 Å². The number of aryl methyl sites for hydroxylation is 1. The van der Waals surface area contributed by atoms with Crippen molar-refractivity contribution < 1.29 is 13.9 Å². The minimum absolute atomic E-state index is 0.167.